The third-order valence-electron chi connectivity index (χ3n) is 6.00. The van der Waals surface area contributed by atoms with Gasteiger partial charge in [0.2, 0.25) is 11.8 Å². The molecule has 32 heavy (non-hydrogen) atoms. The lowest BCUT2D eigenvalue weighted by atomic mass is 9.96. The van der Waals surface area contributed by atoms with Gasteiger partial charge in [0.15, 0.2) is 0 Å². The number of piperidine rings is 1. The van der Waals surface area contributed by atoms with E-state index >= 15 is 0 Å². The fraction of sp³-hybridized carbons (Fsp3) is 0.478. The zero-order chi connectivity index (χ0) is 22.5. The van der Waals surface area contributed by atoms with E-state index in [2.05, 4.69) is 10.3 Å². The SMILES string of the molecule is Cc1csc(CC(=O)N2CCN(C(=O)[C@@H]3CCCN(C(=O)Nc4ccccc4)C3)CC2)n1. The average Bonchev–Trinajstić information content (AvgIpc) is 3.23. The van der Waals surface area contributed by atoms with Crippen molar-refractivity contribution in [2.24, 2.45) is 5.92 Å². The van der Waals surface area contributed by atoms with E-state index in [1.54, 1.807) is 4.90 Å². The largest absolute Gasteiger partial charge is 0.339 e. The topological polar surface area (TPSA) is 85.9 Å². The molecular weight excluding hydrogens is 426 g/mol. The zero-order valence-corrected chi connectivity index (χ0v) is 19.1. The highest BCUT2D eigenvalue weighted by molar-refractivity contribution is 7.09. The summed E-state index contributed by atoms with van der Waals surface area (Å²) < 4.78 is 0. The number of hydrogen-bond donors (Lipinski definition) is 1. The van der Waals surface area contributed by atoms with Crippen LogP contribution < -0.4 is 5.32 Å². The molecule has 2 aromatic rings. The maximum Gasteiger partial charge on any atom is 0.321 e. The highest BCUT2D eigenvalue weighted by atomic mass is 32.1. The van der Waals surface area contributed by atoms with Crippen molar-refractivity contribution in [2.75, 3.05) is 44.6 Å². The van der Waals surface area contributed by atoms with Crippen molar-refractivity contribution >= 4 is 34.9 Å². The number of likely N-dealkylation sites (tertiary alicyclic amines) is 1. The van der Waals surface area contributed by atoms with Gasteiger partial charge in [-0.25, -0.2) is 9.78 Å². The van der Waals surface area contributed by atoms with Crippen molar-refractivity contribution in [3.8, 4) is 0 Å². The van der Waals surface area contributed by atoms with Crippen LogP contribution in [-0.2, 0) is 16.0 Å². The van der Waals surface area contributed by atoms with E-state index in [4.69, 9.17) is 0 Å². The van der Waals surface area contributed by atoms with E-state index < -0.39 is 0 Å². The number of nitrogens with zero attached hydrogens (tertiary/aromatic N) is 4. The molecule has 2 aliphatic heterocycles. The second-order valence-corrected chi connectivity index (χ2v) is 9.29. The minimum absolute atomic E-state index is 0.0628. The minimum Gasteiger partial charge on any atom is -0.339 e. The predicted molar refractivity (Wildman–Crippen MR) is 123 cm³/mol. The summed E-state index contributed by atoms with van der Waals surface area (Å²) in [7, 11) is 0. The van der Waals surface area contributed by atoms with Gasteiger partial charge in [0.1, 0.15) is 5.01 Å². The molecule has 0 saturated carbocycles. The number of aromatic nitrogens is 1. The molecular formula is C23H29N5O3S. The van der Waals surface area contributed by atoms with Crippen LogP contribution in [0.4, 0.5) is 10.5 Å². The van der Waals surface area contributed by atoms with Gasteiger partial charge in [-0.15, -0.1) is 11.3 Å². The van der Waals surface area contributed by atoms with Gasteiger partial charge in [-0.1, -0.05) is 18.2 Å². The maximum absolute atomic E-state index is 13.1. The molecule has 0 unspecified atom stereocenters. The summed E-state index contributed by atoms with van der Waals surface area (Å²) in [6.07, 6.45) is 1.92. The fourth-order valence-corrected chi connectivity index (χ4v) is 5.01. The number of hydrogen-bond acceptors (Lipinski definition) is 5. The number of carbonyl (C=O) groups excluding carboxylic acids is 3. The predicted octanol–water partition coefficient (Wildman–Crippen LogP) is 2.61. The molecule has 2 saturated heterocycles. The number of thiazole rings is 1. The van der Waals surface area contributed by atoms with Gasteiger partial charge in [-0.05, 0) is 31.9 Å². The van der Waals surface area contributed by atoms with Crippen LogP contribution in [0.25, 0.3) is 0 Å². The zero-order valence-electron chi connectivity index (χ0n) is 18.3. The van der Waals surface area contributed by atoms with Crippen molar-refractivity contribution in [1.29, 1.82) is 0 Å². The first-order valence-corrected chi connectivity index (χ1v) is 12.0. The Morgan fingerprint density at radius 1 is 1.03 bits per heavy atom. The molecule has 3 heterocycles. The monoisotopic (exact) mass is 455 g/mol. The Hall–Kier alpha value is -2.94. The molecule has 2 fully saturated rings. The van der Waals surface area contributed by atoms with Crippen molar-refractivity contribution in [1.82, 2.24) is 19.7 Å². The van der Waals surface area contributed by atoms with Gasteiger partial charge < -0.3 is 20.0 Å². The van der Waals surface area contributed by atoms with E-state index in [0.717, 1.165) is 29.2 Å². The summed E-state index contributed by atoms with van der Waals surface area (Å²) in [5, 5.41) is 5.69. The summed E-state index contributed by atoms with van der Waals surface area (Å²) in [4.78, 5) is 48.1. The molecule has 0 radical (unpaired) electrons. The first kappa shape index (κ1) is 22.3. The Balaban J connectivity index is 1.26. The first-order valence-electron chi connectivity index (χ1n) is 11.1. The van der Waals surface area contributed by atoms with Crippen LogP contribution in [0.2, 0.25) is 0 Å². The van der Waals surface area contributed by atoms with E-state index in [-0.39, 0.29) is 23.8 Å². The van der Waals surface area contributed by atoms with Crippen LogP contribution in [0.3, 0.4) is 0 Å². The molecule has 1 atom stereocenters. The molecule has 8 nitrogen and oxygen atoms in total. The fourth-order valence-electron chi connectivity index (χ4n) is 4.25. The first-order chi connectivity index (χ1) is 15.5. The van der Waals surface area contributed by atoms with Gasteiger partial charge in [0.05, 0.1) is 12.3 Å². The highest BCUT2D eigenvalue weighted by Crippen LogP contribution is 2.21. The minimum atomic E-state index is -0.189. The second-order valence-electron chi connectivity index (χ2n) is 8.35. The normalized spacial score (nSPS) is 19.0. The smallest absolute Gasteiger partial charge is 0.321 e. The molecule has 0 spiro atoms. The van der Waals surface area contributed by atoms with E-state index in [1.165, 1.54) is 11.3 Å². The molecule has 9 heteroatoms. The summed E-state index contributed by atoms with van der Waals surface area (Å²) in [6, 6.07) is 9.18. The van der Waals surface area contributed by atoms with Crippen molar-refractivity contribution in [3.05, 3.63) is 46.4 Å². The number of rotatable bonds is 4. The molecule has 4 rings (SSSR count). The Bertz CT molecular complexity index is 956. The van der Waals surface area contributed by atoms with Crippen LogP contribution in [0.1, 0.15) is 23.5 Å². The van der Waals surface area contributed by atoms with Crippen LogP contribution in [0, 0.1) is 12.8 Å². The molecule has 1 aromatic heterocycles. The molecule has 0 bridgehead atoms. The van der Waals surface area contributed by atoms with Crippen LogP contribution in [-0.4, -0.2) is 76.8 Å². The number of urea groups is 1. The van der Waals surface area contributed by atoms with Gasteiger partial charge in [-0.2, -0.15) is 0 Å². The standard InChI is InChI=1S/C23H29N5O3S/c1-17-16-32-20(24-17)14-21(29)26-10-12-27(13-11-26)22(30)18-6-5-9-28(15-18)23(31)25-19-7-3-2-4-8-19/h2-4,7-8,16,18H,5-6,9-15H2,1H3,(H,25,31)/t18-/m1/s1. The molecule has 1 N–H and O–H groups in total. The number of carbonyl (C=O) groups is 3. The highest BCUT2D eigenvalue weighted by Gasteiger charge is 2.33. The van der Waals surface area contributed by atoms with Crippen LogP contribution in [0.15, 0.2) is 35.7 Å². The third-order valence-corrected chi connectivity index (χ3v) is 6.96. The number of para-hydroxylation sites is 1. The van der Waals surface area contributed by atoms with Crippen LogP contribution >= 0.6 is 11.3 Å². The van der Waals surface area contributed by atoms with Crippen molar-refractivity contribution in [2.45, 2.75) is 26.2 Å². The number of nitrogens with one attached hydrogen (secondary N) is 1. The van der Waals surface area contributed by atoms with E-state index in [9.17, 15) is 14.4 Å². The Labute approximate surface area is 192 Å². The Kier molecular flexibility index (Phi) is 7.04. The number of anilines is 1. The van der Waals surface area contributed by atoms with Gasteiger partial charge in [0.25, 0.3) is 0 Å². The lowest BCUT2D eigenvalue weighted by molar-refractivity contribution is -0.142. The Morgan fingerprint density at radius 2 is 1.75 bits per heavy atom. The molecule has 1 aromatic carbocycles. The number of amides is 4. The number of benzene rings is 1. The second kappa shape index (κ2) is 10.1. The third kappa shape index (κ3) is 5.45. The lowest BCUT2D eigenvalue weighted by Crippen LogP contribution is -2.54. The summed E-state index contributed by atoms with van der Waals surface area (Å²) in [6.45, 7) is 5.16. The quantitative estimate of drug-likeness (QED) is 0.768. The molecule has 0 aliphatic carbocycles. The van der Waals surface area contributed by atoms with Crippen molar-refractivity contribution < 1.29 is 14.4 Å². The van der Waals surface area contributed by atoms with E-state index in [0.29, 0.717) is 45.7 Å². The number of piperazine rings is 1. The summed E-state index contributed by atoms with van der Waals surface area (Å²) in [5.41, 5.74) is 1.69. The summed E-state index contributed by atoms with van der Waals surface area (Å²) in [5.74, 6) is -0.0384. The van der Waals surface area contributed by atoms with E-state index in [1.807, 2.05) is 52.4 Å². The van der Waals surface area contributed by atoms with Gasteiger partial charge in [-0.3, -0.25) is 9.59 Å². The van der Waals surface area contributed by atoms with Gasteiger partial charge >= 0.3 is 6.03 Å². The van der Waals surface area contributed by atoms with Crippen LogP contribution in [0.5, 0.6) is 0 Å². The maximum atomic E-state index is 13.1. The molecule has 170 valence electrons. The van der Waals surface area contributed by atoms with Crippen molar-refractivity contribution in [3.63, 3.8) is 0 Å². The summed E-state index contributed by atoms with van der Waals surface area (Å²) >= 11 is 1.51. The number of aryl methyl sites for hydroxylation is 1. The molecule has 4 amide bonds. The van der Waals surface area contributed by atoms with Gasteiger partial charge in [0, 0.05) is 56.0 Å². The lowest BCUT2D eigenvalue weighted by Gasteiger charge is -2.39. The molecule has 2 aliphatic rings. The Morgan fingerprint density at radius 3 is 2.44 bits per heavy atom. The average molecular weight is 456 g/mol.